The zero-order valence-electron chi connectivity index (χ0n) is 18.6. The van der Waals surface area contributed by atoms with Gasteiger partial charge >= 0.3 is 6.03 Å². The van der Waals surface area contributed by atoms with E-state index >= 15 is 0 Å². The fourth-order valence-corrected chi connectivity index (χ4v) is 3.71. The van der Waals surface area contributed by atoms with E-state index in [2.05, 4.69) is 25.8 Å². The van der Waals surface area contributed by atoms with Crippen LogP contribution in [-0.2, 0) is 0 Å². The zero-order valence-corrected chi connectivity index (χ0v) is 18.6. The van der Waals surface area contributed by atoms with E-state index < -0.39 is 17.7 Å². The first-order valence-corrected chi connectivity index (χ1v) is 11.1. The minimum absolute atomic E-state index is 0.0000569. The first-order chi connectivity index (χ1) is 17.0. The lowest BCUT2D eigenvalue weighted by Crippen LogP contribution is -2.43. The third kappa shape index (κ3) is 5.44. The highest BCUT2D eigenvalue weighted by Gasteiger charge is 2.14. The van der Waals surface area contributed by atoms with Crippen molar-refractivity contribution in [3.8, 4) is 11.5 Å². The first kappa shape index (κ1) is 22.5. The molecule has 4 aromatic rings. The highest BCUT2D eigenvalue weighted by Crippen LogP contribution is 2.29. The van der Waals surface area contributed by atoms with E-state index in [1.807, 2.05) is 0 Å². The number of nitrogens with zero attached hydrogens (tertiary/aromatic N) is 3. The number of urea groups is 1. The maximum Gasteiger partial charge on any atom is 0.323 e. The summed E-state index contributed by atoms with van der Waals surface area (Å²) in [5.41, 5.74) is 2.00. The minimum Gasteiger partial charge on any atom is -0.454 e. The molecule has 1 aliphatic heterocycles. The lowest BCUT2D eigenvalue weighted by molar-refractivity contribution is 0.262. The summed E-state index contributed by atoms with van der Waals surface area (Å²) in [7, 11) is 0. The van der Waals surface area contributed by atoms with Crippen molar-refractivity contribution >= 4 is 34.3 Å². The van der Waals surface area contributed by atoms with E-state index in [4.69, 9.17) is 9.72 Å². The van der Waals surface area contributed by atoms with Gasteiger partial charge in [-0.25, -0.2) is 18.6 Å². The molecule has 0 unspecified atom stereocenters. The quantitative estimate of drug-likeness (QED) is 0.385. The predicted molar refractivity (Wildman–Crippen MR) is 130 cm³/mol. The standard InChI is InChI=1S/C25H22F2N6O2/c26-16-1-3-17(4-2-16)30-25(34)31-18-5-8-23(20(27)13-18)35-19-6-7-21-22(14-19)32-24(15-29-21)33-11-9-28-10-12-33/h1-8,13-15,28H,9-12H2,(H2,30,31,34). The number of amides is 2. The number of rotatable bonds is 5. The molecule has 3 aromatic carbocycles. The Hall–Kier alpha value is -4.31. The Balaban J connectivity index is 1.27. The van der Waals surface area contributed by atoms with Crippen molar-refractivity contribution < 1.29 is 18.3 Å². The van der Waals surface area contributed by atoms with Crippen LogP contribution in [0.5, 0.6) is 11.5 Å². The summed E-state index contributed by atoms with van der Waals surface area (Å²) in [6.45, 7) is 3.48. The number of carbonyl (C=O) groups is 1. The lowest BCUT2D eigenvalue weighted by Gasteiger charge is -2.28. The van der Waals surface area contributed by atoms with Crippen molar-refractivity contribution in [1.82, 2.24) is 15.3 Å². The molecule has 0 aliphatic carbocycles. The molecule has 8 nitrogen and oxygen atoms in total. The SMILES string of the molecule is O=C(Nc1ccc(F)cc1)Nc1ccc(Oc2ccc3ncc(N4CCNCC4)nc3c2)c(F)c1. The molecule has 0 spiro atoms. The van der Waals surface area contributed by atoms with Gasteiger partial charge in [0, 0.05) is 49.7 Å². The third-order valence-electron chi connectivity index (χ3n) is 5.46. The van der Waals surface area contributed by atoms with Crippen LogP contribution in [0, 0.1) is 11.6 Å². The Morgan fingerprint density at radius 1 is 0.914 bits per heavy atom. The van der Waals surface area contributed by atoms with Crippen molar-refractivity contribution in [3.05, 3.63) is 78.5 Å². The van der Waals surface area contributed by atoms with Gasteiger partial charge in [0.25, 0.3) is 0 Å². The summed E-state index contributed by atoms with van der Waals surface area (Å²) in [5.74, 6) is 0.145. The summed E-state index contributed by atoms with van der Waals surface area (Å²) in [6, 6.07) is 14.0. The van der Waals surface area contributed by atoms with Crippen molar-refractivity contribution in [3.63, 3.8) is 0 Å². The van der Waals surface area contributed by atoms with Crippen LogP contribution >= 0.6 is 0 Å². The number of ether oxygens (including phenoxy) is 1. The van der Waals surface area contributed by atoms with Crippen LogP contribution in [0.1, 0.15) is 0 Å². The molecule has 5 rings (SSSR count). The van der Waals surface area contributed by atoms with Gasteiger partial charge in [0.1, 0.15) is 17.4 Å². The maximum absolute atomic E-state index is 14.7. The number of carbonyl (C=O) groups excluding carboxylic acids is 1. The Morgan fingerprint density at radius 2 is 1.66 bits per heavy atom. The average molecular weight is 476 g/mol. The molecule has 1 aliphatic rings. The molecule has 2 amide bonds. The Kier molecular flexibility index (Phi) is 6.36. The van der Waals surface area contributed by atoms with Crippen LogP contribution < -0.4 is 25.6 Å². The predicted octanol–water partition coefficient (Wildman–Crippen LogP) is 4.75. The number of hydrogen-bond acceptors (Lipinski definition) is 6. The number of benzene rings is 3. The Bertz CT molecular complexity index is 1360. The average Bonchev–Trinajstić information content (AvgIpc) is 2.87. The number of nitrogens with one attached hydrogen (secondary N) is 3. The highest BCUT2D eigenvalue weighted by atomic mass is 19.1. The number of anilines is 3. The molecule has 0 radical (unpaired) electrons. The highest BCUT2D eigenvalue weighted by molar-refractivity contribution is 5.99. The molecule has 0 atom stereocenters. The van der Waals surface area contributed by atoms with E-state index in [-0.39, 0.29) is 11.4 Å². The molecule has 2 heterocycles. The summed E-state index contributed by atoms with van der Waals surface area (Å²) >= 11 is 0. The van der Waals surface area contributed by atoms with E-state index in [1.54, 1.807) is 24.4 Å². The van der Waals surface area contributed by atoms with Crippen LogP contribution in [0.4, 0.5) is 30.8 Å². The van der Waals surface area contributed by atoms with Gasteiger partial charge in [-0.3, -0.25) is 4.98 Å². The van der Waals surface area contributed by atoms with Gasteiger partial charge in [-0.2, -0.15) is 0 Å². The van der Waals surface area contributed by atoms with E-state index in [0.29, 0.717) is 22.5 Å². The molecular weight excluding hydrogens is 454 g/mol. The molecule has 178 valence electrons. The summed E-state index contributed by atoms with van der Waals surface area (Å²) in [6.07, 6.45) is 1.76. The van der Waals surface area contributed by atoms with Gasteiger partial charge in [-0.1, -0.05) is 0 Å². The molecule has 3 N–H and O–H groups in total. The number of aromatic nitrogens is 2. The largest absolute Gasteiger partial charge is 0.454 e. The summed E-state index contributed by atoms with van der Waals surface area (Å²) in [5, 5.41) is 8.38. The third-order valence-corrected chi connectivity index (χ3v) is 5.46. The second-order valence-electron chi connectivity index (χ2n) is 7.95. The van der Waals surface area contributed by atoms with Gasteiger partial charge in [-0.05, 0) is 48.5 Å². The van der Waals surface area contributed by atoms with Crippen molar-refractivity contribution in [2.75, 3.05) is 41.7 Å². The minimum atomic E-state index is -0.648. The second-order valence-corrected chi connectivity index (χ2v) is 7.95. The molecule has 1 saturated heterocycles. The van der Waals surface area contributed by atoms with Crippen molar-refractivity contribution in [1.29, 1.82) is 0 Å². The number of fused-ring (bicyclic) bond motifs is 1. The number of piperazine rings is 1. The molecule has 10 heteroatoms. The van der Waals surface area contributed by atoms with Crippen LogP contribution in [0.3, 0.4) is 0 Å². The van der Waals surface area contributed by atoms with Crippen molar-refractivity contribution in [2.24, 2.45) is 0 Å². The van der Waals surface area contributed by atoms with Gasteiger partial charge in [0.2, 0.25) is 0 Å². The van der Waals surface area contributed by atoms with Gasteiger partial charge in [0.05, 0.1) is 17.2 Å². The molecule has 35 heavy (non-hydrogen) atoms. The molecule has 1 fully saturated rings. The van der Waals surface area contributed by atoms with Crippen LogP contribution in [0.25, 0.3) is 11.0 Å². The first-order valence-electron chi connectivity index (χ1n) is 11.1. The lowest BCUT2D eigenvalue weighted by atomic mass is 10.2. The molecule has 1 aromatic heterocycles. The summed E-state index contributed by atoms with van der Waals surface area (Å²) < 4.78 is 33.4. The smallest absolute Gasteiger partial charge is 0.323 e. The van der Waals surface area contributed by atoms with Crippen LogP contribution in [-0.4, -0.2) is 42.2 Å². The number of hydrogen-bond donors (Lipinski definition) is 3. The maximum atomic E-state index is 14.7. The normalized spacial score (nSPS) is 13.5. The monoisotopic (exact) mass is 476 g/mol. The van der Waals surface area contributed by atoms with E-state index in [0.717, 1.165) is 38.1 Å². The van der Waals surface area contributed by atoms with E-state index in [9.17, 15) is 13.6 Å². The summed E-state index contributed by atoms with van der Waals surface area (Å²) in [4.78, 5) is 23.5. The van der Waals surface area contributed by atoms with Gasteiger partial charge in [0.15, 0.2) is 11.6 Å². The van der Waals surface area contributed by atoms with Gasteiger partial charge < -0.3 is 25.6 Å². The van der Waals surface area contributed by atoms with Crippen LogP contribution in [0.15, 0.2) is 66.9 Å². The fourth-order valence-electron chi connectivity index (χ4n) is 3.71. The van der Waals surface area contributed by atoms with Crippen molar-refractivity contribution in [2.45, 2.75) is 0 Å². The Morgan fingerprint density at radius 3 is 2.43 bits per heavy atom. The van der Waals surface area contributed by atoms with E-state index in [1.165, 1.54) is 36.4 Å². The Labute approximate surface area is 200 Å². The number of halogens is 2. The van der Waals surface area contributed by atoms with Gasteiger partial charge in [-0.15, -0.1) is 0 Å². The molecule has 0 bridgehead atoms. The topological polar surface area (TPSA) is 91.4 Å². The molecule has 0 saturated carbocycles. The molecular formula is C25H22F2N6O2. The fraction of sp³-hybridized carbons (Fsp3) is 0.160. The van der Waals surface area contributed by atoms with Crippen LogP contribution in [0.2, 0.25) is 0 Å². The second kappa shape index (κ2) is 9.90. The zero-order chi connectivity index (χ0) is 24.2.